The van der Waals surface area contributed by atoms with Gasteiger partial charge in [0.1, 0.15) is 11.9 Å². The maximum atomic E-state index is 14.7. The van der Waals surface area contributed by atoms with Crippen molar-refractivity contribution in [3.63, 3.8) is 0 Å². The first-order chi connectivity index (χ1) is 19.2. The van der Waals surface area contributed by atoms with Crippen LogP contribution in [0.5, 0.6) is 0 Å². The zero-order valence-corrected chi connectivity index (χ0v) is 23.1. The van der Waals surface area contributed by atoms with Crippen molar-refractivity contribution in [2.45, 2.75) is 64.5 Å². The van der Waals surface area contributed by atoms with Crippen LogP contribution in [0.2, 0.25) is 0 Å². The van der Waals surface area contributed by atoms with Gasteiger partial charge in [0, 0.05) is 50.7 Å². The summed E-state index contributed by atoms with van der Waals surface area (Å²) in [6.45, 7) is 4.56. The largest absolute Gasteiger partial charge is 0.355 e. The number of hydrogen-bond acceptors (Lipinski definition) is 6. The fourth-order valence-electron chi connectivity index (χ4n) is 5.12. The third-order valence-corrected chi connectivity index (χ3v) is 7.49. The van der Waals surface area contributed by atoms with E-state index < -0.39 is 23.8 Å². The summed E-state index contributed by atoms with van der Waals surface area (Å²) in [7, 11) is 0. The Labute approximate surface area is 233 Å². The first kappa shape index (κ1) is 29.1. The minimum atomic E-state index is -0.739. The highest BCUT2D eigenvalue weighted by atomic mass is 19.1. The van der Waals surface area contributed by atoms with Crippen molar-refractivity contribution in [3.05, 3.63) is 59.4 Å². The van der Waals surface area contributed by atoms with Crippen molar-refractivity contribution in [1.82, 2.24) is 30.4 Å². The van der Waals surface area contributed by atoms with Gasteiger partial charge in [-0.05, 0) is 55.7 Å². The van der Waals surface area contributed by atoms with E-state index in [2.05, 4.69) is 20.6 Å². The maximum Gasteiger partial charge on any atom is 0.257 e. The Morgan fingerprint density at radius 3 is 2.75 bits per heavy atom. The lowest BCUT2D eigenvalue weighted by molar-refractivity contribution is -0.137. The molecule has 4 rings (SSSR count). The quantitative estimate of drug-likeness (QED) is 0.597. The molecule has 2 aliphatic rings. The number of fused-ring (bicyclic) bond motifs is 3. The zero-order valence-electron chi connectivity index (χ0n) is 23.1. The molecule has 11 heteroatoms. The van der Waals surface area contributed by atoms with Gasteiger partial charge in [-0.1, -0.05) is 19.9 Å². The normalized spacial score (nSPS) is 21.1. The molecular weight excluding hydrogens is 515 g/mol. The van der Waals surface area contributed by atoms with Gasteiger partial charge in [-0.15, -0.1) is 0 Å². The van der Waals surface area contributed by atoms with Crippen LogP contribution in [0.1, 0.15) is 61.1 Å². The number of halogens is 1. The summed E-state index contributed by atoms with van der Waals surface area (Å²) in [5.41, 5.74) is 1.39. The molecule has 2 N–H and O–H groups in total. The van der Waals surface area contributed by atoms with Gasteiger partial charge in [0.25, 0.3) is 5.91 Å². The van der Waals surface area contributed by atoms with E-state index in [4.69, 9.17) is 0 Å². The zero-order chi connectivity index (χ0) is 28.6. The van der Waals surface area contributed by atoms with Crippen molar-refractivity contribution >= 4 is 23.6 Å². The van der Waals surface area contributed by atoms with E-state index in [-0.39, 0.29) is 48.7 Å². The number of nitrogens with zero attached hydrogens (tertiary/aromatic N) is 4. The van der Waals surface area contributed by atoms with Gasteiger partial charge >= 0.3 is 0 Å². The predicted octanol–water partition coefficient (Wildman–Crippen LogP) is 1.88. The Balaban J connectivity index is 1.57. The monoisotopic (exact) mass is 552 g/mol. The molecule has 1 fully saturated rings. The lowest BCUT2D eigenvalue weighted by Crippen LogP contribution is -2.54. The highest BCUT2D eigenvalue weighted by molar-refractivity contribution is 5.98. The number of aryl methyl sites for hydroxylation is 2. The van der Waals surface area contributed by atoms with Gasteiger partial charge in [-0.2, -0.15) is 0 Å². The van der Waals surface area contributed by atoms with E-state index in [1.165, 1.54) is 15.9 Å². The van der Waals surface area contributed by atoms with Crippen LogP contribution >= 0.6 is 0 Å². The van der Waals surface area contributed by atoms with Crippen LogP contribution in [0, 0.1) is 11.7 Å². The van der Waals surface area contributed by atoms with Crippen molar-refractivity contribution in [3.8, 4) is 0 Å². The fraction of sp³-hybridized carbons (Fsp3) is 0.517. The van der Waals surface area contributed by atoms with Crippen LogP contribution in [0.25, 0.3) is 0 Å². The van der Waals surface area contributed by atoms with Crippen LogP contribution < -0.4 is 10.6 Å². The molecular formula is C29H37FN6O4. The fourth-order valence-corrected chi connectivity index (χ4v) is 5.12. The number of aromatic nitrogens is 2. The molecule has 1 saturated heterocycles. The summed E-state index contributed by atoms with van der Waals surface area (Å²) in [5, 5.41) is 5.88. The first-order valence-electron chi connectivity index (χ1n) is 13.9. The van der Waals surface area contributed by atoms with Crippen LogP contribution in [-0.4, -0.2) is 81.7 Å². The van der Waals surface area contributed by atoms with E-state index in [0.29, 0.717) is 50.9 Å². The average molecular weight is 553 g/mol. The van der Waals surface area contributed by atoms with Gasteiger partial charge in [0.05, 0.1) is 17.8 Å². The Bertz CT molecular complexity index is 1220. The van der Waals surface area contributed by atoms with Crippen LogP contribution in [0.4, 0.5) is 4.39 Å². The van der Waals surface area contributed by atoms with Crippen molar-refractivity contribution in [2.24, 2.45) is 5.92 Å². The number of rotatable bonds is 4. The van der Waals surface area contributed by atoms with Gasteiger partial charge in [0.15, 0.2) is 0 Å². The van der Waals surface area contributed by atoms with Crippen molar-refractivity contribution < 1.29 is 23.6 Å². The van der Waals surface area contributed by atoms with Gasteiger partial charge < -0.3 is 20.4 Å². The van der Waals surface area contributed by atoms with E-state index in [9.17, 15) is 23.6 Å². The molecule has 0 spiro atoms. The molecule has 0 saturated carbocycles. The second-order valence-electron chi connectivity index (χ2n) is 10.8. The van der Waals surface area contributed by atoms with Gasteiger partial charge in [0.2, 0.25) is 17.7 Å². The Kier molecular flexibility index (Phi) is 9.79. The number of carbonyl (C=O) groups is 4. The third-order valence-electron chi connectivity index (χ3n) is 7.49. The maximum absolute atomic E-state index is 14.7. The molecule has 40 heavy (non-hydrogen) atoms. The molecule has 2 aromatic rings. The summed E-state index contributed by atoms with van der Waals surface area (Å²) < 4.78 is 14.7. The van der Waals surface area contributed by atoms with E-state index >= 15 is 0 Å². The molecule has 3 heterocycles. The molecule has 2 aliphatic heterocycles. The van der Waals surface area contributed by atoms with E-state index in [1.807, 2.05) is 13.8 Å². The van der Waals surface area contributed by atoms with Crippen LogP contribution in [0.3, 0.4) is 0 Å². The smallest absolute Gasteiger partial charge is 0.257 e. The second kappa shape index (κ2) is 13.5. The van der Waals surface area contributed by atoms with Gasteiger partial charge in [-0.3, -0.25) is 29.1 Å². The Morgan fingerprint density at radius 2 is 2.00 bits per heavy atom. The summed E-state index contributed by atoms with van der Waals surface area (Å²) in [6, 6.07) is 3.24. The van der Waals surface area contributed by atoms with Crippen LogP contribution in [-0.2, 0) is 27.2 Å². The summed E-state index contributed by atoms with van der Waals surface area (Å²) >= 11 is 0. The highest BCUT2D eigenvalue weighted by Gasteiger charge is 2.37. The number of benzene rings is 1. The van der Waals surface area contributed by atoms with Crippen molar-refractivity contribution in [2.75, 3.05) is 26.2 Å². The molecule has 2 atom stereocenters. The number of amides is 4. The van der Waals surface area contributed by atoms with E-state index in [0.717, 1.165) is 5.56 Å². The summed E-state index contributed by atoms with van der Waals surface area (Å²) in [6.07, 6.45) is 7.43. The number of carbonyl (C=O) groups excluding carboxylic acids is 4. The average Bonchev–Trinajstić information content (AvgIpc) is 3.44. The van der Waals surface area contributed by atoms with Crippen molar-refractivity contribution in [1.29, 1.82) is 0 Å². The minimum absolute atomic E-state index is 0.0501. The Hall–Kier alpha value is -3.89. The minimum Gasteiger partial charge on any atom is -0.355 e. The molecule has 214 valence electrons. The molecule has 1 aromatic carbocycles. The van der Waals surface area contributed by atoms with E-state index in [1.54, 1.807) is 30.7 Å². The second-order valence-corrected chi connectivity index (χ2v) is 10.8. The summed E-state index contributed by atoms with van der Waals surface area (Å²) in [5.74, 6) is -2.07. The van der Waals surface area contributed by atoms with Gasteiger partial charge in [-0.25, -0.2) is 4.39 Å². The lowest BCUT2D eigenvalue weighted by atomic mass is 10.0. The summed E-state index contributed by atoms with van der Waals surface area (Å²) in [4.78, 5) is 64.2. The SMILES string of the molecule is CC(C)[C@@H]1CN(C(=O)CCc2cnccn2)CC(=O)NCCCc2ccc(F)c(c2)C(=O)N2CCC[C@H]2C(=O)N1. The topological polar surface area (TPSA) is 125 Å². The molecule has 0 unspecified atom stereocenters. The molecule has 0 radical (unpaired) electrons. The van der Waals surface area contributed by atoms with Crippen LogP contribution in [0.15, 0.2) is 36.8 Å². The molecule has 10 nitrogen and oxygen atoms in total. The standard InChI is InChI=1S/C29H37FN6O4/c1-19(2)24-17-35(27(38)10-8-21-16-31-12-13-32-21)18-26(37)33-11-3-5-20-7-9-23(30)22(15-20)29(40)36-14-4-6-25(36)28(39)34-24/h7,9,12-13,15-16,19,24-25H,3-6,8,10-11,14,17-18H2,1-2H3,(H,33,37)(H,34,39)/t24-,25-/m0/s1. The molecule has 4 amide bonds. The Morgan fingerprint density at radius 1 is 1.18 bits per heavy atom. The first-order valence-corrected chi connectivity index (χ1v) is 13.9. The lowest BCUT2D eigenvalue weighted by Gasteiger charge is -2.32. The third kappa shape index (κ3) is 7.40. The molecule has 2 bridgehead atoms. The molecule has 0 aliphatic carbocycles. The number of nitrogens with one attached hydrogen (secondary N) is 2. The predicted molar refractivity (Wildman–Crippen MR) is 145 cm³/mol. The molecule has 1 aromatic heterocycles. The number of hydrogen-bond donors (Lipinski definition) is 2. The highest BCUT2D eigenvalue weighted by Crippen LogP contribution is 2.23.